The Kier molecular flexibility index (Phi) is 4.42. The summed E-state index contributed by atoms with van der Waals surface area (Å²) in [4.78, 5) is 10.9. The van der Waals surface area contributed by atoms with Crippen molar-refractivity contribution in [3.63, 3.8) is 0 Å². The molecule has 1 aromatic heterocycles. The number of aromatic nitrogens is 2. The minimum Gasteiger partial charge on any atom is -0.477 e. The Morgan fingerprint density at radius 2 is 2.18 bits per heavy atom. The van der Waals surface area contributed by atoms with E-state index in [1.165, 1.54) is 0 Å². The summed E-state index contributed by atoms with van der Waals surface area (Å²) in [6.45, 7) is 4.57. The van der Waals surface area contributed by atoms with E-state index in [1.54, 1.807) is 12.4 Å². The molecule has 1 aliphatic heterocycles. The van der Waals surface area contributed by atoms with Crippen LogP contribution >= 0.6 is 11.6 Å². The van der Waals surface area contributed by atoms with Crippen LogP contribution in [0.25, 0.3) is 0 Å². The van der Waals surface area contributed by atoms with Crippen LogP contribution in [0, 0.1) is 5.92 Å². The van der Waals surface area contributed by atoms with Gasteiger partial charge in [-0.25, -0.2) is 0 Å². The molecule has 0 saturated carbocycles. The Labute approximate surface area is 107 Å². The van der Waals surface area contributed by atoms with Gasteiger partial charge in [-0.15, -0.1) is 11.6 Å². The number of hydrogen-bond donors (Lipinski definition) is 0. The lowest BCUT2D eigenvalue weighted by atomic mass is 9.99. The van der Waals surface area contributed by atoms with E-state index in [-0.39, 0.29) is 0 Å². The van der Waals surface area contributed by atoms with Crippen molar-refractivity contribution in [2.75, 3.05) is 30.5 Å². The molecule has 1 saturated heterocycles. The Morgan fingerprint density at radius 3 is 2.82 bits per heavy atom. The molecule has 1 aromatic rings. The Bertz CT molecular complexity index is 353. The second-order valence-electron chi connectivity index (χ2n) is 4.23. The zero-order valence-corrected chi connectivity index (χ0v) is 10.9. The number of anilines is 1. The summed E-state index contributed by atoms with van der Waals surface area (Å²) in [6, 6.07) is 0. The maximum atomic E-state index is 5.87. The van der Waals surface area contributed by atoms with E-state index in [2.05, 4.69) is 14.9 Å². The molecule has 0 aromatic carbocycles. The summed E-state index contributed by atoms with van der Waals surface area (Å²) in [7, 11) is 0. The third-order valence-corrected chi connectivity index (χ3v) is 3.49. The lowest BCUT2D eigenvalue weighted by Gasteiger charge is -2.31. The van der Waals surface area contributed by atoms with Crippen molar-refractivity contribution in [2.45, 2.75) is 19.8 Å². The summed E-state index contributed by atoms with van der Waals surface area (Å²) < 4.78 is 5.36. The SMILES string of the molecule is CCOc1cncc(N2CCC(CCl)CC2)n1. The molecular formula is C12H18ClN3O. The van der Waals surface area contributed by atoms with E-state index >= 15 is 0 Å². The lowest BCUT2D eigenvalue weighted by molar-refractivity contribution is 0.325. The van der Waals surface area contributed by atoms with Crippen LogP contribution in [-0.4, -0.2) is 35.5 Å². The number of hydrogen-bond acceptors (Lipinski definition) is 4. The molecule has 0 atom stereocenters. The molecule has 2 rings (SSSR count). The van der Waals surface area contributed by atoms with E-state index in [0.29, 0.717) is 18.4 Å². The monoisotopic (exact) mass is 255 g/mol. The molecular weight excluding hydrogens is 238 g/mol. The Morgan fingerprint density at radius 1 is 1.41 bits per heavy atom. The number of ether oxygens (including phenoxy) is 1. The van der Waals surface area contributed by atoms with Gasteiger partial charge in [0.25, 0.3) is 0 Å². The number of alkyl halides is 1. The van der Waals surface area contributed by atoms with Crippen LogP contribution in [0.15, 0.2) is 12.4 Å². The van der Waals surface area contributed by atoms with Gasteiger partial charge in [0.15, 0.2) is 5.82 Å². The molecule has 94 valence electrons. The first-order chi connectivity index (χ1) is 8.33. The number of rotatable bonds is 4. The van der Waals surface area contributed by atoms with Crippen molar-refractivity contribution in [1.82, 2.24) is 9.97 Å². The fourth-order valence-electron chi connectivity index (χ4n) is 2.02. The summed E-state index contributed by atoms with van der Waals surface area (Å²) in [5.74, 6) is 2.92. The Balaban J connectivity index is 2.00. The quantitative estimate of drug-likeness (QED) is 0.774. The molecule has 0 N–H and O–H groups in total. The van der Waals surface area contributed by atoms with Crippen molar-refractivity contribution >= 4 is 17.4 Å². The van der Waals surface area contributed by atoms with Crippen LogP contribution in [0.2, 0.25) is 0 Å². The summed E-state index contributed by atoms with van der Waals surface area (Å²) in [6.07, 6.45) is 5.70. The number of nitrogens with zero attached hydrogens (tertiary/aromatic N) is 3. The maximum Gasteiger partial charge on any atom is 0.234 e. The average molecular weight is 256 g/mol. The zero-order chi connectivity index (χ0) is 12.1. The van der Waals surface area contributed by atoms with Gasteiger partial charge in [-0.05, 0) is 25.7 Å². The molecule has 0 bridgehead atoms. The highest BCUT2D eigenvalue weighted by Gasteiger charge is 2.19. The van der Waals surface area contributed by atoms with E-state index < -0.39 is 0 Å². The summed E-state index contributed by atoms with van der Waals surface area (Å²) >= 11 is 5.87. The Hall–Kier alpha value is -1.03. The predicted molar refractivity (Wildman–Crippen MR) is 68.9 cm³/mol. The van der Waals surface area contributed by atoms with Gasteiger partial charge in [0, 0.05) is 19.0 Å². The first kappa shape index (κ1) is 12.4. The molecule has 0 aliphatic carbocycles. The molecule has 17 heavy (non-hydrogen) atoms. The third-order valence-electron chi connectivity index (χ3n) is 3.05. The first-order valence-electron chi connectivity index (χ1n) is 6.09. The van der Waals surface area contributed by atoms with Crippen LogP contribution in [-0.2, 0) is 0 Å². The second kappa shape index (κ2) is 6.05. The van der Waals surface area contributed by atoms with E-state index in [1.807, 2.05) is 6.92 Å². The van der Waals surface area contributed by atoms with Gasteiger partial charge in [-0.3, -0.25) is 4.98 Å². The van der Waals surface area contributed by atoms with E-state index in [4.69, 9.17) is 16.3 Å². The van der Waals surface area contributed by atoms with Gasteiger partial charge >= 0.3 is 0 Å². The van der Waals surface area contributed by atoms with Crippen molar-refractivity contribution in [3.05, 3.63) is 12.4 Å². The van der Waals surface area contributed by atoms with E-state index in [0.717, 1.165) is 37.6 Å². The van der Waals surface area contributed by atoms with Crippen molar-refractivity contribution in [3.8, 4) is 5.88 Å². The van der Waals surface area contributed by atoms with Gasteiger partial charge in [0.1, 0.15) is 0 Å². The van der Waals surface area contributed by atoms with Crippen LogP contribution in [0.4, 0.5) is 5.82 Å². The smallest absolute Gasteiger partial charge is 0.234 e. The van der Waals surface area contributed by atoms with Crippen LogP contribution in [0.3, 0.4) is 0 Å². The molecule has 0 unspecified atom stereocenters. The highest BCUT2D eigenvalue weighted by molar-refractivity contribution is 6.18. The molecule has 4 nitrogen and oxygen atoms in total. The molecule has 2 heterocycles. The third kappa shape index (κ3) is 3.22. The lowest BCUT2D eigenvalue weighted by Crippen LogP contribution is -2.34. The van der Waals surface area contributed by atoms with Crippen molar-refractivity contribution in [2.24, 2.45) is 5.92 Å². The maximum absolute atomic E-state index is 5.87. The molecule has 1 aliphatic rings. The van der Waals surface area contributed by atoms with Crippen molar-refractivity contribution < 1.29 is 4.74 Å². The van der Waals surface area contributed by atoms with Gasteiger partial charge in [0.05, 0.1) is 19.0 Å². The second-order valence-corrected chi connectivity index (χ2v) is 4.54. The fraction of sp³-hybridized carbons (Fsp3) is 0.667. The normalized spacial score (nSPS) is 17.2. The molecule has 1 fully saturated rings. The zero-order valence-electron chi connectivity index (χ0n) is 10.1. The molecule has 0 radical (unpaired) electrons. The number of halogens is 1. The first-order valence-corrected chi connectivity index (χ1v) is 6.62. The average Bonchev–Trinajstić information content (AvgIpc) is 2.40. The summed E-state index contributed by atoms with van der Waals surface area (Å²) in [5.41, 5.74) is 0. The standard InChI is InChI=1S/C12H18ClN3O/c1-2-17-12-9-14-8-11(15-12)16-5-3-10(7-13)4-6-16/h8-10H,2-7H2,1H3. The fourth-order valence-corrected chi connectivity index (χ4v) is 2.33. The topological polar surface area (TPSA) is 38.2 Å². The van der Waals surface area contributed by atoms with Crippen molar-refractivity contribution in [1.29, 1.82) is 0 Å². The largest absolute Gasteiger partial charge is 0.477 e. The molecule has 5 heteroatoms. The number of piperidine rings is 1. The van der Waals surface area contributed by atoms with Gasteiger partial charge in [-0.2, -0.15) is 4.98 Å². The minimum absolute atomic E-state index is 0.601. The highest BCUT2D eigenvalue weighted by Crippen LogP contribution is 2.23. The van der Waals surface area contributed by atoms with Crippen LogP contribution < -0.4 is 9.64 Å². The van der Waals surface area contributed by atoms with Gasteiger partial charge in [0.2, 0.25) is 5.88 Å². The molecule has 0 spiro atoms. The summed E-state index contributed by atoms with van der Waals surface area (Å²) in [5, 5.41) is 0. The minimum atomic E-state index is 0.601. The van der Waals surface area contributed by atoms with Gasteiger partial charge < -0.3 is 9.64 Å². The molecule has 0 amide bonds. The highest BCUT2D eigenvalue weighted by atomic mass is 35.5. The predicted octanol–water partition coefficient (Wildman–Crippen LogP) is 2.33. The van der Waals surface area contributed by atoms with Crippen LogP contribution in [0.1, 0.15) is 19.8 Å². The van der Waals surface area contributed by atoms with Crippen LogP contribution in [0.5, 0.6) is 5.88 Å². The van der Waals surface area contributed by atoms with E-state index in [9.17, 15) is 0 Å². The van der Waals surface area contributed by atoms with Gasteiger partial charge in [-0.1, -0.05) is 0 Å².